The number of hydrogen-bond donors (Lipinski definition) is 2. The van der Waals surface area contributed by atoms with Crippen molar-refractivity contribution in [2.75, 3.05) is 5.94 Å². The van der Waals surface area contributed by atoms with E-state index in [9.17, 15) is 4.21 Å². The van der Waals surface area contributed by atoms with Gasteiger partial charge in [0.05, 0.1) is 0 Å². The van der Waals surface area contributed by atoms with Crippen LogP contribution in [-0.2, 0) is 11.1 Å². The first-order valence-corrected chi connectivity index (χ1v) is 2.23. The number of hydrogen-bond acceptors (Lipinski definition) is 2. The molecular weight excluding hydrogens is 99.0 g/mol. The molecule has 0 spiro atoms. The van der Waals surface area contributed by atoms with Crippen LogP contribution in [0.25, 0.3) is 0 Å². The van der Waals surface area contributed by atoms with Gasteiger partial charge in [-0.25, -0.2) is 4.21 Å². The van der Waals surface area contributed by atoms with E-state index in [-0.39, 0.29) is 18.9 Å². The normalized spacial score (nSPS) is 12.3. The van der Waals surface area contributed by atoms with Crippen LogP contribution in [0.1, 0.15) is 0 Å². The van der Waals surface area contributed by atoms with Gasteiger partial charge in [0.1, 0.15) is 5.94 Å². The standard InChI is InChI=1S/CH4O3S.Li.H/c2-1-5(3)4;;/h2H,1H2,(H,3,4);;. The summed E-state index contributed by atoms with van der Waals surface area (Å²) in [5, 5.41) is 7.59. The van der Waals surface area contributed by atoms with Gasteiger partial charge in [0, 0.05) is 0 Å². The van der Waals surface area contributed by atoms with Gasteiger partial charge in [0.15, 0.2) is 11.1 Å². The molecule has 2 N–H and O–H groups in total. The van der Waals surface area contributed by atoms with E-state index < -0.39 is 17.0 Å². The number of aliphatic hydroxyl groups is 1. The summed E-state index contributed by atoms with van der Waals surface area (Å²) in [6, 6.07) is 0. The molecule has 0 bridgehead atoms. The van der Waals surface area contributed by atoms with Gasteiger partial charge >= 0.3 is 18.9 Å². The van der Waals surface area contributed by atoms with E-state index in [1.165, 1.54) is 0 Å². The zero-order chi connectivity index (χ0) is 4.28. The van der Waals surface area contributed by atoms with E-state index in [1.807, 2.05) is 0 Å². The Labute approximate surface area is 50.2 Å². The second-order valence-corrected chi connectivity index (χ2v) is 1.35. The van der Waals surface area contributed by atoms with Crippen molar-refractivity contribution in [1.29, 1.82) is 0 Å². The average Bonchev–Trinajstić information content (AvgIpc) is 1.38. The van der Waals surface area contributed by atoms with E-state index in [1.54, 1.807) is 0 Å². The summed E-state index contributed by atoms with van der Waals surface area (Å²) in [5.41, 5.74) is 0. The van der Waals surface area contributed by atoms with Crippen LogP contribution in [0.2, 0.25) is 0 Å². The Hall–Kier alpha value is 0.667. The van der Waals surface area contributed by atoms with E-state index in [4.69, 9.17) is 9.66 Å². The van der Waals surface area contributed by atoms with Crippen LogP contribution in [0.3, 0.4) is 0 Å². The van der Waals surface area contributed by atoms with Gasteiger partial charge in [-0.1, -0.05) is 0 Å². The molecule has 0 amide bonds. The fraction of sp³-hybridized carbons (Fsp3) is 1.00. The van der Waals surface area contributed by atoms with Crippen molar-refractivity contribution < 1.29 is 13.9 Å². The molecule has 6 heavy (non-hydrogen) atoms. The molecule has 5 heteroatoms. The van der Waals surface area contributed by atoms with Crippen molar-refractivity contribution in [3.8, 4) is 0 Å². The maximum atomic E-state index is 9.23. The van der Waals surface area contributed by atoms with Crippen molar-refractivity contribution >= 4 is 29.9 Å². The van der Waals surface area contributed by atoms with Crippen molar-refractivity contribution in [3.63, 3.8) is 0 Å². The molecule has 3 nitrogen and oxygen atoms in total. The van der Waals surface area contributed by atoms with Crippen LogP contribution in [-0.4, -0.2) is 38.7 Å². The van der Waals surface area contributed by atoms with Crippen molar-refractivity contribution in [2.45, 2.75) is 0 Å². The SMILES string of the molecule is O=S(O)CO.[LiH]. The van der Waals surface area contributed by atoms with E-state index in [0.29, 0.717) is 0 Å². The number of rotatable bonds is 1. The third kappa shape index (κ3) is 8.82. The Morgan fingerprint density at radius 1 is 1.67 bits per heavy atom. The average molecular weight is 104 g/mol. The Kier molecular flexibility index (Phi) is 9.29. The Balaban J connectivity index is 0. The van der Waals surface area contributed by atoms with Crippen LogP contribution in [0, 0.1) is 0 Å². The number of aliphatic hydroxyl groups excluding tert-OH is 1. The molecule has 0 aliphatic carbocycles. The predicted octanol–water partition coefficient (Wildman–Crippen LogP) is -1.49. The molecule has 34 valence electrons. The minimum absolute atomic E-state index is 0. The molecule has 0 aromatic rings. The molecule has 0 heterocycles. The summed E-state index contributed by atoms with van der Waals surface area (Å²) in [7, 11) is 0. The predicted molar refractivity (Wildman–Crippen MR) is 25.0 cm³/mol. The van der Waals surface area contributed by atoms with Gasteiger partial charge in [-0.05, 0) is 0 Å². The molecule has 0 aliphatic heterocycles. The topological polar surface area (TPSA) is 57.5 Å². The van der Waals surface area contributed by atoms with Crippen LogP contribution in [0.15, 0.2) is 0 Å². The molecule has 1 atom stereocenters. The van der Waals surface area contributed by atoms with Crippen LogP contribution < -0.4 is 0 Å². The van der Waals surface area contributed by atoms with E-state index in [0.717, 1.165) is 0 Å². The molecular formula is CH5LiO3S. The second kappa shape index (κ2) is 5.67. The van der Waals surface area contributed by atoms with Gasteiger partial charge in [-0.2, -0.15) is 0 Å². The Morgan fingerprint density at radius 2 is 1.83 bits per heavy atom. The fourth-order valence-corrected chi connectivity index (χ4v) is 0. The van der Waals surface area contributed by atoms with Gasteiger partial charge in [-0.3, -0.25) is 0 Å². The first-order valence-electron chi connectivity index (χ1n) is 0.954. The van der Waals surface area contributed by atoms with Gasteiger partial charge in [0.25, 0.3) is 0 Å². The maximum absolute atomic E-state index is 9.23. The Bertz CT molecular complexity index is 46.1. The van der Waals surface area contributed by atoms with Gasteiger partial charge in [-0.15, -0.1) is 0 Å². The fourth-order valence-electron chi connectivity index (χ4n) is 0. The molecule has 0 saturated heterocycles. The quantitative estimate of drug-likeness (QED) is 0.314. The molecule has 0 rings (SSSR count). The van der Waals surface area contributed by atoms with E-state index in [2.05, 4.69) is 0 Å². The molecule has 0 aliphatic rings. The van der Waals surface area contributed by atoms with Gasteiger partial charge in [0.2, 0.25) is 0 Å². The molecule has 1 unspecified atom stereocenters. The third-order valence-corrected chi connectivity index (χ3v) is 0.331. The zero-order valence-corrected chi connectivity index (χ0v) is 3.23. The summed E-state index contributed by atoms with van der Waals surface area (Å²) in [6.45, 7) is 0. The summed E-state index contributed by atoms with van der Waals surface area (Å²) < 4.78 is 16.8. The first-order chi connectivity index (χ1) is 2.27. The van der Waals surface area contributed by atoms with Crippen LogP contribution in [0.4, 0.5) is 0 Å². The molecule has 0 saturated carbocycles. The molecule has 0 radical (unpaired) electrons. The second-order valence-electron chi connectivity index (χ2n) is 0.451. The minimum atomic E-state index is -2.02. The van der Waals surface area contributed by atoms with Crippen LogP contribution in [0.5, 0.6) is 0 Å². The van der Waals surface area contributed by atoms with Gasteiger partial charge < -0.3 is 9.66 Å². The first kappa shape index (κ1) is 9.83. The van der Waals surface area contributed by atoms with Crippen molar-refractivity contribution in [3.05, 3.63) is 0 Å². The van der Waals surface area contributed by atoms with Crippen molar-refractivity contribution in [1.82, 2.24) is 0 Å². The molecule has 0 fully saturated rings. The summed E-state index contributed by atoms with van der Waals surface area (Å²) in [5.74, 6) is -0.667. The zero-order valence-electron chi connectivity index (χ0n) is 2.42. The third-order valence-electron chi connectivity index (χ3n) is 0.110. The monoisotopic (exact) mass is 104 g/mol. The van der Waals surface area contributed by atoms with Crippen LogP contribution >= 0.6 is 0 Å². The molecule has 0 aromatic heterocycles. The van der Waals surface area contributed by atoms with Crippen molar-refractivity contribution in [2.24, 2.45) is 0 Å². The van der Waals surface area contributed by atoms with E-state index >= 15 is 0 Å². The summed E-state index contributed by atoms with van der Waals surface area (Å²) in [4.78, 5) is 0. The summed E-state index contributed by atoms with van der Waals surface area (Å²) in [6.07, 6.45) is 0. The molecule has 0 aromatic carbocycles. The Morgan fingerprint density at radius 3 is 1.83 bits per heavy atom. The summed E-state index contributed by atoms with van der Waals surface area (Å²) >= 11 is -2.02.